The normalized spacial score (nSPS) is 23.0. The third-order valence-corrected chi connectivity index (χ3v) is 4.61. The van der Waals surface area contributed by atoms with E-state index in [1.165, 1.54) is 0 Å². The molecule has 1 saturated heterocycles. The number of nitrogens with zero attached hydrogens (tertiary/aromatic N) is 1. The van der Waals surface area contributed by atoms with Crippen molar-refractivity contribution in [2.24, 2.45) is 0 Å². The molecule has 0 bridgehead atoms. The van der Waals surface area contributed by atoms with Crippen molar-refractivity contribution in [1.82, 2.24) is 10.2 Å². The molecule has 1 atom stereocenters. The molecular formula is C18H16N2O2. The van der Waals surface area contributed by atoms with Gasteiger partial charge in [-0.05, 0) is 11.6 Å². The molecule has 110 valence electrons. The van der Waals surface area contributed by atoms with Gasteiger partial charge in [0, 0.05) is 30.6 Å². The van der Waals surface area contributed by atoms with E-state index in [0.29, 0.717) is 25.1 Å². The van der Waals surface area contributed by atoms with E-state index in [2.05, 4.69) is 5.32 Å². The molecule has 2 amide bonds. The Labute approximate surface area is 128 Å². The Balaban J connectivity index is 1.91. The minimum Gasteiger partial charge on any atom is -0.352 e. The van der Waals surface area contributed by atoms with Crippen molar-refractivity contribution in [2.45, 2.75) is 12.0 Å². The highest BCUT2D eigenvalue weighted by Crippen LogP contribution is 2.42. The molecule has 0 radical (unpaired) electrons. The molecule has 2 aromatic rings. The Bertz CT molecular complexity index is 757. The number of amides is 2. The molecule has 0 aliphatic carbocycles. The van der Waals surface area contributed by atoms with Crippen LogP contribution in [0.1, 0.15) is 21.5 Å². The number of rotatable bonds is 2. The van der Waals surface area contributed by atoms with E-state index in [1.807, 2.05) is 54.6 Å². The van der Waals surface area contributed by atoms with Gasteiger partial charge in [-0.15, -0.1) is 0 Å². The van der Waals surface area contributed by atoms with Crippen LogP contribution < -0.4 is 5.32 Å². The van der Waals surface area contributed by atoms with Gasteiger partial charge < -0.3 is 10.2 Å². The van der Waals surface area contributed by atoms with Crippen molar-refractivity contribution in [3.63, 3.8) is 0 Å². The van der Waals surface area contributed by atoms with E-state index < -0.39 is 5.54 Å². The van der Waals surface area contributed by atoms with Gasteiger partial charge in [0.25, 0.3) is 11.8 Å². The third kappa shape index (κ3) is 1.64. The molecule has 1 unspecified atom stereocenters. The van der Waals surface area contributed by atoms with Crippen LogP contribution >= 0.6 is 0 Å². The summed E-state index contributed by atoms with van der Waals surface area (Å²) in [5, 5.41) is 2.94. The lowest BCUT2D eigenvalue weighted by Gasteiger charge is -2.41. The van der Waals surface area contributed by atoms with Crippen LogP contribution in [0.25, 0.3) is 0 Å². The fourth-order valence-electron chi connectivity index (χ4n) is 3.62. The van der Waals surface area contributed by atoms with E-state index in [9.17, 15) is 9.59 Å². The number of carbonyl (C=O) groups excluding carboxylic acids is 2. The van der Waals surface area contributed by atoms with Crippen molar-refractivity contribution < 1.29 is 9.59 Å². The molecular weight excluding hydrogens is 276 g/mol. The van der Waals surface area contributed by atoms with E-state index in [0.717, 1.165) is 11.1 Å². The van der Waals surface area contributed by atoms with Gasteiger partial charge in [0.1, 0.15) is 0 Å². The Morgan fingerprint density at radius 3 is 2.55 bits per heavy atom. The fraction of sp³-hybridized carbons (Fsp3) is 0.222. The summed E-state index contributed by atoms with van der Waals surface area (Å²) >= 11 is 0. The number of benzene rings is 2. The molecule has 4 nitrogen and oxygen atoms in total. The summed E-state index contributed by atoms with van der Waals surface area (Å²) in [5.41, 5.74) is 1.61. The molecule has 0 spiro atoms. The summed E-state index contributed by atoms with van der Waals surface area (Å²) < 4.78 is 0. The minimum absolute atomic E-state index is 0.0404. The quantitative estimate of drug-likeness (QED) is 0.916. The van der Waals surface area contributed by atoms with Gasteiger partial charge in [-0.1, -0.05) is 48.5 Å². The van der Waals surface area contributed by atoms with Crippen LogP contribution in [0.3, 0.4) is 0 Å². The zero-order valence-electron chi connectivity index (χ0n) is 12.1. The van der Waals surface area contributed by atoms with Gasteiger partial charge >= 0.3 is 0 Å². The summed E-state index contributed by atoms with van der Waals surface area (Å²) in [5.74, 6) is -0.123. The van der Waals surface area contributed by atoms with Crippen LogP contribution in [0.15, 0.2) is 54.6 Å². The monoisotopic (exact) mass is 292 g/mol. The third-order valence-electron chi connectivity index (χ3n) is 4.61. The number of piperazine rings is 1. The van der Waals surface area contributed by atoms with Crippen LogP contribution in [0.5, 0.6) is 0 Å². The molecule has 1 N–H and O–H groups in total. The second-order valence-electron chi connectivity index (χ2n) is 5.78. The van der Waals surface area contributed by atoms with E-state index >= 15 is 0 Å². The highest BCUT2D eigenvalue weighted by Gasteiger charge is 2.56. The Kier molecular flexibility index (Phi) is 2.79. The number of carbonyl (C=O) groups is 2. The van der Waals surface area contributed by atoms with Crippen LogP contribution in [0.2, 0.25) is 0 Å². The van der Waals surface area contributed by atoms with Crippen LogP contribution in [0.4, 0.5) is 0 Å². The number of fused-ring (bicyclic) bond motifs is 3. The topological polar surface area (TPSA) is 49.4 Å². The first-order chi connectivity index (χ1) is 10.7. The summed E-state index contributed by atoms with van der Waals surface area (Å²) in [7, 11) is 0. The Morgan fingerprint density at radius 2 is 1.73 bits per heavy atom. The smallest absolute Gasteiger partial charge is 0.255 e. The van der Waals surface area contributed by atoms with Gasteiger partial charge in [-0.2, -0.15) is 0 Å². The average molecular weight is 292 g/mol. The highest BCUT2D eigenvalue weighted by molar-refractivity contribution is 6.07. The summed E-state index contributed by atoms with van der Waals surface area (Å²) in [6.45, 7) is 1.06. The molecule has 0 saturated carbocycles. The summed E-state index contributed by atoms with van der Waals surface area (Å²) in [6.07, 6.45) is 0.502. The van der Waals surface area contributed by atoms with Crippen molar-refractivity contribution in [3.05, 3.63) is 71.3 Å². The van der Waals surface area contributed by atoms with Gasteiger partial charge in [0.05, 0.1) is 0 Å². The van der Waals surface area contributed by atoms with Crippen LogP contribution in [-0.4, -0.2) is 29.8 Å². The fourth-order valence-corrected chi connectivity index (χ4v) is 3.62. The molecule has 0 aromatic heterocycles. The van der Waals surface area contributed by atoms with E-state index in [4.69, 9.17) is 0 Å². The average Bonchev–Trinajstić information content (AvgIpc) is 2.80. The van der Waals surface area contributed by atoms with Crippen LogP contribution in [0, 0.1) is 0 Å². The van der Waals surface area contributed by atoms with E-state index in [-0.39, 0.29) is 11.8 Å². The van der Waals surface area contributed by atoms with Crippen molar-refractivity contribution in [2.75, 3.05) is 13.1 Å². The number of hydrogen-bond donors (Lipinski definition) is 1. The summed E-state index contributed by atoms with van der Waals surface area (Å²) in [4.78, 5) is 27.3. The maximum Gasteiger partial charge on any atom is 0.255 e. The molecule has 4 heteroatoms. The first kappa shape index (κ1) is 13.1. The minimum atomic E-state index is -0.909. The Morgan fingerprint density at radius 1 is 1.00 bits per heavy atom. The summed E-state index contributed by atoms with van der Waals surface area (Å²) in [6, 6.07) is 17.3. The molecule has 2 aliphatic rings. The maximum atomic E-state index is 12.8. The second kappa shape index (κ2) is 4.70. The SMILES string of the molecule is O=C1c2ccccc2C2(Cc3ccccc3)C(=O)NCCN12. The largest absolute Gasteiger partial charge is 0.352 e. The molecule has 2 aliphatic heterocycles. The highest BCUT2D eigenvalue weighted by atomic mass is 16.2. The first-order valence-corrected chi connectivity index (χ1v) is 7.47. The second-order valence-corrected chi connectivity index (χ2v) is 5.78. The van der Waals surface area contributed by atoms with Gasteiger partial charge in [0.15, 0.2) is 5.54 Å². The van der Waals surface area contributed by atoms with Gasteiger partial charge in [0.2, 0.25) is 0 Å². The molecule has 4 rings (SSSR count). The lowest BCUT2D eigenvalue weighted by atomic mass is 9.81. The van der Waals surface area contributed by atoms with Gasteiger partial charge in [-0.3, -0.25) is 9.59 Å². The zero-order chi connectivity index (χ0) is 15.2. The predicted octanol–water partition coefficient (Wildman–Crippen LogP) is 1.71. The van der Waals surface area contributed by atoms with Crippen molar-refractivity contribution >= 4 is 11.8 Å². The zero-order valence-corrected chi connectivity index (χ0v) is 12.1. The molecule has 2 heterocycles. The standard InChI is InChI=1S/C18H16N2O2/c21-16-14-8-4-5-9-15(14)18(12-13-6-2-1-3-7-13)17(22)19-10-11-20(16)18/h1-9H,10-12H2,(H,19,22). The first-order valence-electron chi connectivity index (χ1n) is 7.47. The van der Waals surface area contributed by atoms with Gasteiger partial charge in [-0.25, -0.2) is 0 Å². The lowest BCUT2D eigenvalue weighted by molar-refractivity contribution is -0.135. The maximum absolute atomic E-state index is 12.8. The van der Waals surface area contributed by atoms with Crippen LogP contribution in [-0.2, 0) is 16.8 Å². The molecule has 1 fully saturated rings. The Hall–Kier alpha value is -2.62. The van der Waals surface area contributed by atoms with Crippen molar-refractivity contribution in [3.8, 4) is 0 Å². The molecule has 22 heavy (non-hydrogen) atoms. The van der Waals surface area contributed by atoms with Crippen molar-refractivity contribution in [1.29, 1.82) is 0 Å². The lowest BCUT2D eigenvalue weighted by Crippen LogP contribution is -2.62. The van der Waals surface area contributed by atoms with E-state index in [1.54, 1.807) is 4.90 Å². The predicted molar refractivity (Wildman–Crippen MR) is 82.3 cm³/mol. The molecule has 2 aromatic carbocycles. The number of hydrogen-bond acceptors (Lipinski definition) is 2. The number of nitrogens with one attached hydrogen (secondary N) is 1.